The summed E-state index contributed by atoms with van der Waals surface area (Å²) in [5, 5.41) is 0. The largest absolute Gasteiger partial charge is 0.405 e. The van der Waals surface area contributed by atoms with Gasteiger partial charge in [-0.2, -0.15) is 26.3 Å². The maximum atomic E-state index is 12.3. The summed E-state index contributed by atoms with van der Waals surface area (Å²) >= 11 is 0. The second-order valence-corrected chi connectivity index (χ2v) is 6.41. The maximum Gasteiger partial charge on any atom is 0.405 e. The third kappa shape index (κ3) is 6.87. The van der Waals surface area contributed by atoms with Crippen molar-refractivity contribution in [1.82, 2.24) is 4.72 Å². The van der Waals surface area contributed by atoms with Crippen LogP contribution in [0.5, 0.6) is 0 Å². The van der Waals surface area contributed by atoms with E-state index < -0.39 is 40.5 Å². The van der Waals surface area contributed by atoms with Crippen molar-refractivity contribution < 1.29 is 30.6 Å². The molecule has 9 heteroatoms. The Morgan fingerprint density at radius 1 is 1.06 bits per heavy atom. The predicted molar refractivity (Wildman–Crippen MR) is 51.5 cm³/mol. The summed E-state index contributed by atoms with van der Waals surface area (Å²) in [7, 11) is -2.22. The van der Waals surface area contributed by atoms with E-state index in [0.29, 0.717) is 0 Å². The van der Waals surface area contributed by atoms with Gasteiger partial charge in [0.15, 0.2) is 0 Å². The first-order chi connectivity index (χ1) is 7.23. The van der Waals surface area contributed by atoms with Gasteiger partial charge in [-0.3, -0.25) is 0 Å². The van der Waals surface area contributed by atoms with Crippen LogP contribution in [0.2, 0.25) is 0 Å². The molecule has 0 spiro atoms. The predicted octanol–water partition coefficient (Wildman–Crippen LogP) is 2.92. The molecule has 1 N–H and O–H groups in total. The fraction of sp³-hybridized carbons (Fsp3) is 1.00. The molecule has 0 fully saturated rings. The van der Waals surface area contributed by atoms with Gasteiger partial charge >= 0.3 is 12.4 Å². The third-order valence-electron chi connectivity index (χ3n) is 1.64. The van der Waals surface area contributed by atoms with Crippen molar-refractivity contribution >= 4 is 11.0 Å². The van der Waals surface area contributed by atoms with Crippen molar-refractivity contribution in [2.75, 3.05) is 0 Å². The first-order valence-electron chi connectivity index (χ1n) is 4.55. The van der Waals surface area contributed by atoms with Gasteiger partial charge in [0.2, 0.25) is 0 Å². The number of hydrogen-bond donors (Lipinski definition) is 1. The Bertz CT molecular complexity index is 279. The number of halogens is 6. The van der Waals surface area contributed by atoms with E-state index in [0.717, 1.165) is 0 Å². The van der Waals surface area contributed by atoms with Gasteiger partial charge in [-0.05, 0) is 20.8 Å². The average Bonchev–Trinajstić information content (AvgIpc) is 1.96. The van der Waals surface area contributed by atoms with Crippen LogP contribution in [0.1, 0.15) is 27.2 Å². The van der Waals surface area contributed by atoms with E-state index in [4.69, 9.17) is 0 Å². The van der Waals surface area contributed by atoms with Gasteiger partial charge in [0.05, 0.1) is 22.2 Å². The minimum atomic E-state index is -5.10. The van der Waals surface area contributed by atoms with Crippen molar-refractivity contribution in [2.45, 2.75) is 50.3 Å². The SMILES string of the molecule is CC(C)(C)S(=O)N[C@H](CC(F)(F)F)C(F)(F)F. The molecule has 0 saturated carbocycles. The lowest BCUT2D eigenvalue weighted by Crippen LogP contribution is -2.49. The summed E-state index contributed by atoms with van der Waals surface area (Å²) in [6.07, 6.45) is -12.2. The van der Waals surface area contributed by atoms with Crippen molar-refractivity contribution in [2.24, 2.45) is 0 Å². The number of hydrogen-bond acceptors (Lipinski definition) is 1. The Hall–Kier alpha value is -0.310. The lowest BCUT2D eigenvalue weighted by atomic mass is 10.2. The van der Waals surface area contributed by atoms with Crippen LogP contribution in [-0.4, -0.2) is 27.4 Å². The van der Waals surface area contributed by atoms with E-state index in [9.17, 15) is 30.6 Å². The highest BCUT2D eigenvalue weighted by Gasteiger charge is 2.48. The number of nitrogens with one attached hydrogen (secondary N) is 1. The van der Waals surface area contributed by atoms with Crippen molar-refractivity contribution in [3.63, 3.8) is 0 Å². The number of alkyl halides is 6. The van der Waals surface area contributed by atoms with Gasteiger partial charge in [-0.15, -0.1) is 0 Å². The zero-order valence-corrected chi connectivity index (χ0v) is 10.2. The normalized spacial score (nSPS) is 17.9. The summed E-state index contributed by atoms with van der Waals surface area (Å²) < 4.78 is 84.5. The van der Waals surface area contributed by atoms with Crippen LogP contribution in [0.4, 0.5) is 26.3 Å². The van der Waals surface area contributed by atoms with Crippen LogP contribution >= 0.6 is 0 Å². The standard InChI is InChI=1S/C8H13F6NOS/c1-6(2,3)17(16)15-5(8(12,13)14)4-7(9,10)11/h5,15H,4H2,1-3H3/t5-,17?/m1/s1. The summed E-state index contributed by atoms with van der Waals surface area (Å²) in [6.45, 7) is 4.07. The molecule has 0 saturated heterocycles. The smallest absolute Gasteiger partial charge is 0.242 e. The molecule has 0 rings (SSSR count). The fourth-order valence-corrected chi connectivity index (χ4v) is 1.59. The topological polar surface area (TPSA) is 29.1 Å². The zero-order valence-electron chi connectivity index (χ0n) is 9.37. The highest BCUT2D eigenvalue weighted by molar-refractivity contribution is 7.84. The van der Waals surface area contributed by atoms with Crippen molar-refractivity contribution in [3.05, 3.63) is 0 Å². The van der Waals surface area contributed by atoms with Crippen LogP contribution in [0.25, 0.3) is 0 Å². The van der Waals surface area contributed by atoms with Crippen LogP contribution < -0.4 is 4.72 Å². The summed E-state index contributed by atoms with van der Waals surface area (Å²) in [5.41, 5.74) is 0. The molecule has 0 aliphatic carbocycles. The molecule has 0 aromatic rings. The molecule has 0 heterocycles. The molecular formula is C8H13F6NOS. The molecule has 17 heavy (non-hydrogen) atoms. The van der Waals surface area contributed by atoms with Gasteiger partial charge < -0.3 is 0 Å². The Morgan fingerprint density at radius 3 is 1.71 bits per heavy atom. The van der Waals surface area contributed by atoms with Crippen LogP contribution in [-0.2, 0) is 11.0 Å². The second-order valence-electron chi connectivity index (χ2n) is 4.41. The molecule has 0 aromatic carbocycles. The quantitative estimate of drug-likeness (QED) is 0.794. The monoisotopic (exact) mass is 285 g/mol. The molecule has 0 aromatic heterocycles. The molecule has 2 nitrogen and oxygen atoms in total. The first-order valence-corrected chi connectivity index (χ1v) is 5.70. The molecule has 2 atom stereocenters. The molecule has 104 valence electrons. The molecular weight excluding hydrogens is 272 g/mol. The highest BCUT2D eigenvalue weighted by atomic mass is 32.2. The van der Waals surface area contributed by atoms with Gasteiger partial charge in [0.1, 0.15) is 6.04 Å². The molecule has 1 unspecified atom stereocenters. The van der Waals surface area contributed by atoms with E-state index in [-0.39, 0.29) is 0 Å². The minimum absolute atomic E-state index is 1.07. The Morgan fingerprint density at radius 2 is 1.47 bits per heavy atom. The van der Waals surface area contributed by atoms with Gasteiger partial charge in [0.25, 0.3) is 0 Å². The van der Waals surface area contributed by atoms with E-state index in [1.807, 2.05) is 0 Å². The Balaban J connectivity index is 4.81. The summed E-state index contributed by atoms with van der Waals surface area (Å²) in [5.74, 6) is 0. The lowest BCUT2D eigenvalue weighted by Gasteiger charge is -2.26. The summed E-state index contributed by atoms with van der Waals surface area (Å²) in [6, 6.07) is -2.86. The van der Waals surface area contributed by atoms with E-state index in [1.165, 1.54) is 25.5 Å². The molecule has 0 bridgehead atoms. The molecule has 0 aliphatic rings. The third-order valence-corrected chi connectivity index (χ3v) is 3.25. The zero-order chi connectivity index (χ0) is 14.1. The first kappa shape index (κ1) is 16.7. The van der Waals surface area contributed by atoms with Crippen LogP contribution in [0.15, 0.2) is 0 Å². The van der Waals surface area contributed by atoms with Gasteiger partial charge in [-0.1, -0.05) is 0 Å². The van der Waals surface area contributed by atoms with E-state index in [2.05, 4.69) is 0 Å². The Labute approximate surface area is 97.3 Å². The van der Waals surface area contributed by atoms with Gasteiger partial charge in [-0.25, -0.2) is 8.93 Å². The van der Waals surface area contributed by atoms with Crippen molar-refractivity contribution in [3.8, 4) is 0 Å². The average molecular weight is 285 g/mol. The number of rotatable bonds is 3. The molecule has 0 aliphatic heterocycles. The Kier molecular flexibility index (Phi) is 5.04. The maximum absolute atomic E-state index is 12.3. The van der Waals surface area contributed by atoms with E-state index in [1.54, 1.807) is 0 Å². The van der Waals surface area contributed by atoms with E-state index >= 15 is 0 Å². The van der Waals surface area contributed by atoms with Crippen molar-refractivity contribution in [1.29, 1.82) is 0 Å². The van der Waals surface area contributed by atoms with Crippen LogP contribution in [0, 0.1) is 0 Å². The van der Waals surface area contributed by atoms with Gasteiger partial charge in [0, 0.05) is 0 Å². The van der Waals surface area contributed by atoms with Crippen LogP contribution in [0.3, 0.4) is 0 Å². The lowest BCUT2D eigenvalue weighted by molar-refractivity contribution is -0.197. The molecule has 0 radical (unpaired) electrons. The molecule has 0 amide bonds. The minimum Gasteiger partial charge on any atom is -0.242 e. The fourth-order valence-electron chi connectivity index (χ4n) is 0.762. The second kappa shape index (κ2) is 5.13. The highest BCUT2D eigenvalue weighted by Crippen LogP contribution is 2.31. The summed E-state index contributed by atoms with van der Waals surface area (Å²) in [4.78, 5) is 0.